The predicted molar refractivity (Wildman–Crippen MR) is 80.4 cm³/mol. The first-order chi connectivity index (χ1) is 9.72. The molecule has 1 heterocycles. The number of ether oxygens (including phenoxy) is 1. The maximum Gasteiger partial charge on any atom is 0.176 e. The van der Waals surface area contributed by atoms with E-state index in [0.29, 0.717) is 12.5 Å². The summed E-state index contributed by atoms with van der Waals surface area (Å²) in [6.45, 7) is 3.57. The number of hydrogen-bond acceptors (Lipinski definition) is 4. The third-order valence-electron chi connectivity index (χ3n) is 3.85. The molecule has 1 N–H and O–H groups in total. The number of rotatable bonds is 6. The standard InChI is InChI=1S/C16H24N2O2/c1-17-10-13-5-4-8-18(11-13)12-16(19)14-6-3-7-15(9-14)20-2/h3,6-7,9,13,17H,4-5,8,10-12H2,1-2H3. The van der Waals surface area contributed by atoms with E-state index in [1.165, 1.54) is 12.8 Å². The van der Waals surface area contributed by atoms with Crippen LogP contribution in [0.1, 0.15) is 23.2 Å². The molecule has 1 aromatic carbocycles. The molecule has 4 heteroatoms. The Morgan fingerprint density at radius 1 is 1.50 bits per heavy atom. The third kappa shape index (κ3) is 4.05. The summed E-state index contributed by atoms with van der Waals surface area (Å²) >= 11 is 0. The fraction of sp³-hybridized carbons (Fsp3) is 0.562. The number of ketones is 1. The molecule has 1 aliphatic rings. The highest BCUT2D eigenvalue weighted by Gasteiger charge is 2.21. The fourth-order valence-electron chi connectivity index (χ4n) is 2.84. The summed E-state index contributed by atoms with van der Waals surface area (Å²) in [4.78, 5) is 14.6. The summed E-state index contributed by atoms with van der Waals surface area (Å²) in [5.41, 5.74) is 0.736. The highest BCUT2D eigenvalue weighted by Crippen LogP contribution is 2.17. The number of carbonyl (C=O) groups excluding carboxylic acids is 1. The Hall–Kier alpha value is -1.39. The quantitative estimate of drug-likeness (QED) is 0.805. The Labute approximate surface area is 121 Å². The van der Waals surface area contributed by atoms with E-state index in [1.54, 1.807) is 7.11 Å². The number of likely N-dealkylation sites (tertiary alicyclic amines) is 1. The number of piperidine rings is 1. The molecule has 110 valence electrons. The fourth-order valence-corrected chi connectivity index (χ4v) is 2.84. The zero-order chi connectivity index (χ0) is 14.4. The molecule has 0 bridgehead atoms. The number of Topliss-reactive ketones (excluding diaryl/α,β-unsaturated/α-hetero) is 1. The lowest BCUT2D eigenvalue weighted by Crippen LogP contribution is -2.41. The van der Waals surface area contributed by atoms with Crippen molar-refractivity contribution in [1.82, 2.24) is 10.2 Å². The number of hydrogen-bond donors (Lipinski definition) is 1. The van der Waals surface area contributed by atoms with Gasteiger partial charge in [0.2, 0.25) is 0 Å². The van der Waals surface area contributed by atoms with Gasteiger partial charge >= 0.3 is 0 Å². The van der Waals surface area contributed by atoms with Gasteiger partial charge in [-0.15, -0.1) is 0 Å². The number of nitrogens with zero attached hydrogens (tertiary/aromatic N) is 1. The maximum atomic E-state index is 12.3. The highest BCUT2D eigenvalue weighted by molar-refractivity contribution is 5.97. The molecule has 0 aliphatic carbocycles. The minimum absolute atomic E-state index is 0.175. The van der Waals surface area contributed by atoms with E-state index >= 15 is 0 Å². The molecule has 4 nitrogen and oxygen atoms in total. The molecular weight excluding hydrogens is 252 g/mol. The van der Waals surface area contributed by atoms with Gasteiger partial charge in [-0.25, -0.2) is 0 Å². The first-order valence-corrected chi connectivity index (χ1v) is 7.27. The first kappa shape index (κ1) is 15.0. The lowest BCUT2D eigenvalue weighted by atomic mass is 9.97. The predicted octanol–water partition coefficient (Wildman–Crippen LogP) is 1.81. The van der Waals surface area contributed by atoms with E-state index in [9.17, 15) is 4.79 Å². The van der Waals surface area contributed by atoms with Crippen LogP contribution in [0.2, 0.25) is 0 Å². The van der Waals surface area contributed by atoms with Crippen LogP contribution in [0.5, 0.6) is 5.75 Å². The molecule has 0 aromatic heterocycles. The van der Waals surface area contributed by atoms with Crippen LogP contribution in [-0.4, -0.2) is 51.0 Å². The molecule has 0 spiro atoms. The van der Waals surface area contributed by atoms with Gasteiger partial charge in [0.15, 0.2) is 5.78 Å². The Kier molecular flexibility index (Phi) is 5.56. The van der Waals surface area contributed by atoms with Crippen molar-refractivity contribution in [3.8, 4) is 5.75 Å². The van der Waals surface area contributed by atoms with Crippen molar-refractivity contribution in [2.75, 3.05) is 40.3 Å². The highest BCUT2D eigenvalue weighted by atomic mass is 16.5. The van der Waals surface area contributed by atoms with Gasteiger partial charge in [-0.05, 0) is 51.0 Å². The van der Waals surface area contributed by atoms with Crippen LogP contribution in [0.3, 0.4) is 0 Å². The van der Waals surface area contributed by atoms with Gasteiger partial charge in [0.25, 0.3) is 0 Å². The smallest absolute Gasteiger partial charge is 0.176 e. The maximum absolute atomic E-state index is 12.3. The van der Waals surface area contributed by atoms with Crippen molar-refractivity contribution >= 4 is 5.78 Å². The second kappa shape index (κ2) is 7.41. The second-order valence-corrected chi connectivity index (χ2v) is 5.46. The van der Waals surface area contributed by atoms with Gasteiger partial charge in [-0.1, -0.05) is 12.1 Å². The van der Waals surface area contributed by atoms with Crippen LogP contribution in [-0.2, 0) is 0 Å². The lowest BCUT2D eigenvalue weighted by molar-refractivity contribution is 0.0886. The first-order valence-electron chi connectivity index (χ1n) is 7.27. The molecule has 1 fully saturated rings. The molecule has 2 rings (SSSR count). The number of nitrogens with one attached hydrogen (secondary N) is 1. The van der Waals surface area contributed by atoms with Gasteiger partial charge in [0.1, 0.15) is 5.75 Å². The van der Waals surface area contributed by atoms with Crippen LogP contribution in [0.15, 0.2) is 24.3 Å². The summed E-state index contributed by atoms with van der Waals surface area (Å²) in [7, 11) is 3.61. The number of benzene rings is 1. The van der Waals surface area contributed by atoms with Crippen LogP contribution in [0, 0.1) is 5.92 Å². The zero-order valence-electron chi connectivity index (χ0n) is 12.4. The Morgan fingerprint density at radius 2 is 2.35 bits per heavy atom. The van der Waals surface area contributed by atoms with Crippen molar-refractivity contribution < 1.29 is 9.53 Å². The van der Waals surface area contributed by atoms with Crippen LogP contribution in [0.4, 0.5) is 0 Å². The van der Waals surface area contributed by atoms with Gasteiger partial charge in [-0.2, -0.15) is 0 Å². The zero-order valence-corrected chi connectivity index (χ0v) is 12.4. The minimum atomic E-state index is 0.175. The van der Waals surface area contributed by atoms with E-state index in [-0.39, 0.29) is 5.78 Å². The van der Waals surface area contributed by atoms with Gasteiger partial charge in [0.05, 0.1) is 13.7 Å². The van der Waals surface area contributed by atoms with Crippen molar-refractivity contribution in [3.05, 3.63) is 29.8 Å². The minimum Gasteiger partial charge on any atom is -0.497 e. The molecule has 1 unspecified atom stereocenters. The Bertz CT molecular complexity index is 446. The van der Waals surface area contributed by atoms with E-state index in [1.807, 2.05) is 31.3 Å². The van der Waals surface area contributed by atoms with Crippen molar-refractivity contribution in [1.29, 1.82) is 0 Å². The van der Waals surface area contributed by atoms with E-state index in [0.717, 1.165) is 30.9 Å². The second-order valence-electron chi connectivity index (χ2n) is 5.46. The summed E-state index contributed by atoms with van der Waals surface area (Å²) in [6.07, 6.45) is 2.43. The van der Waals surface area contributed by atoms with Crippen LogP contribution in [0.25, 0.3) is 0 Å². The average molecular weight is 276 g/mol. The molecule has 1 atom stereocenters. The number of methoxy groups -OCH3 is 1. The number of carbonyl (C=O) groups is 1. The largest absolute Gasteiger partial charge is 0.497 e. The molecule has 0 amide bonds. The van der Waals surface area contributed by atoms with Crippen LogP contribution < -0.4 is 10.1 Å². The Balaban J connectivity index is 1.93. The monoisotopic (exact) mass is 276 g/mol. The molecule has 1 aromatic rings. The van der Waals surface area contributed by atoms with Gasteiger partial charge in [0, 0.05) is 12.1 Å². The summed E-state index contributed by atoms with van der Waals surface area (Å²) in [5.74, 6) is 1.57. The normalized spacial score (nSPS) is 19.8. The van der Waals surface area contributed by atoms with Gasteiger partial charge < -0.3 is 10.1 Å². The van der Waals surface area contributed by atoms with E-state index < -0.39 is 0 Å². The lowest BCUT2D eigenvalue weighted by Gasteiger charge is -2.32. The molecular formula is C16H24N2O2. The molecule has 0 radical (unpaired) electrons. The summed E-state index contributed by atoms with van der Waals surface area (Å²) in [5, 5.41) is 3.23. The third-order valence-corrected chi connectivity index (χ3v) is 3.85. The molecule has 0 saturated carbocycles. The van der Waals surface area contributed by atoms with E-state index in [2.05, 4.69) is 10.2 Å². The van der Waals surface area contributed by atoms with Crippen LogP contribution >= 0.6 is 0 Å². The Morgan fingerprint density at radius 3 is 3.10 bits per heavy atom. The van der Waals surface area contributed by atoms with Gasteiger partial charge in [-0.3, -0.25) is 9.69 Å². The van der Waals surface area contributed by atoms with E-state index in [4.69, 9.17) is 4.74 Å². The molecule has 20 heavy (non-hydrogen) atoms. The summed E-state index contributed by atoms with van der Waals surface area (Å²) in [6, 6.07) is 7.41. The van der Waals surface area contributed by atoms with Crippen molar-refractivity contribution in [2.45, 2.75) is 12.8 Å². The summed E-state index contributed by atoms with van der Waals surface area (Å²) < 4.78 is 5.17. The topological polar surface area (TPSA) is 41.6 Å². The molecule has 1 aliphatic heterocycles. The van der Waals surface area contributed by atoms with Crippen molar-refractivity contribution in [2.24, 2.45) is 5.92 Å². The van der Waals surface area contributed by atoms with Crippen molar-refractivity contribution in [3.63, 3.8) is 0 Å². The SMILES string of the molecule is CNCC1CCCN(CC(=O)c2cccc(OC)c2)C1. The molecule has 1 saturated heterocycles. The average Bonchev–Trinajstić information content (AvgIpc) is 2.48.